The molecule has 6 nitrogen and oxygen atoms in total. The van der Waals surface area contributed by atoms with Crippen LogP contribution < -0.4 is 5.69 Å². The Hall–Kier alpha value is -3.15. The number of ether oxygens (including phenoxy) is 1. The molecule has 0 atom stereocenters. The van der Waals surface area contributed by atoms with Crippen LogP contribution in [0.3, 0.4) is 0 Å². The summed E-state index contributed by atoms with van der Waals surface area (Å²) in [5.74, 6) is -0.836. The lowest BCUT2D eigenvalue weighted by Crippen LogP contribution is -2.27. The number of carbonyl (C=O) groups excluding carboxylic acids is 2. The monoisotopic (exact) mass is 378 g/mol. The molecule has 3 aromatic rings. The summed E-state index contributed by atoms with van der Waals surface area (Å²) in [5, 5.41) is 0. The van der Waals surface area contributed by atoms with Crippen LogP contribution in [0.25, 0.3) is 11.0 Å². The van der Waals surface area contributed by atoms with E-state index in [4.69, 9.17) is 4.74 Å². The largest absolute Gasteiger partial charge is 0.456 e. The van der Waals surface area contributed by atoms with Gasteiger partial charge in [-0.25, -0.2) is 4.79 Å². The average molecular weight is 378 g/mol. The normalized spacial score (nSPS) is 13.3. The maximum Gasteiger partial charge on any atom is 0.329 e. The van der Waals surface area contributed by atoms with Crippen molar-refractivity contribution in [3.05, 3.63) is 69.6 Å². The predicted octanol–water partition coefficient (Wildman–Crippen LogP) is 2.64. The van der Waals surface area contributed by atoms with Crippen LogP contribution in [-0.4, -0.2) is 27.5 Å². The lowest BCUT2D eigenvalue weighted by Gasteiger charge is -2.16. The molecule has 6 heteroatoms. The number of ketones is 1. The SMILES string of the molecule is Cn1c(=O)n(CC(=O)OCC(=O)c2ccc3c(c2)CCCC3)c2ccccc21. The average Bonchev–Trinajstić information content (AvgIpc) is 2.96. The quantitative estimate of drug-likeness (QED) is 0.506. The van der Waals surface area contributed by atoms with Gasteiger partial charge >= 0.3 is 11.7 Å². The molecular formula is C22H22N2O4. The first-order chi connectivity index (χ1) is 13.5. The number of esters is 1. The third-order valence-corrected chi connectivity index (χ3v) is 5.37. The molecule has 0 saturated heterocycles. The Labute approximate surface area is 162 Å². The summed E-state index contributed by atoms with van der Waals surface area (Å²) in [6.45, 7) is -0.547. The second-order valence-electron chi connectivity index (χ2n) is 7.19. The van der Waals surface area contributed by atoms with Crippen molar-refractivity contribution in [3.8, 4) is 0 Å². The first-order valence-corrected chi connectivity index (χ1v) is 9.49. The molecule has 1 aliphatic carbocycles. The summed E-state index contributed by atoms with van der Waals surface area (Å²) in [7, 11) is 1.66. The van der Waals surface area contributed by atoms with Crippen LogP contribution in [0.15, 0.2) is 47.3 Å². The number of fused-ring (bicyclic) bond motifs is 2. The van der Waals surface area contributed by atoms with Crippen LogP contribution >= 0.6 is 0 Å². The highest BCUT2D eigenvalue weighted by Crippen LogP contribution is 2.22. The van der Waals surface area contributed by atoms with E-state index in [1.807, 2.05) is 30.3 Å². The summed E-state index contributed by atoms with van der Waals surface area (Å²) < 4.78 is 8.01. The maximum absolute atomic E-state index is 12.4. The molecule has 0 fully saturated rings. The van der Waals surface area contributed by atoms with Gasteiger partial charge in [0.05, 0.1) is 11.0 Å². The predicted molar refractivity (Wildman–Crippen MR) is 106 cm³/mol. The van der Waals surface area contributed by atoms with Crippen molar-refractivity contribution >= 4 is 22.8 Å². The van der Waals surface area contributed by atoms with E-state index in [1.165, 1.54) is 26.7 Å². The standard InChI is InChI=1S/C22H22N2O4/c1-23-18-8-4-5-9-19(18)24(22(23)27)13-21(26)28-14-20(25)17-11-10-15-6-2-3-7-16(15)12-17/h4-5,8-12H,2-3,6-7,13-14H2,1H3. The molecule has 0 amide bonds. The molecule has 0 unspecified atom stereocenters. The zero-order chi connectivity index (χ0) is 19.7. The number of nitrogens with zero attached hydrogens (tertiary/aromatic N) is 2. The molecular weight excluding hydrogens is 356 g/mol. The molecule has 0 saturated carbocycles. The topological polar surface area (TPSA) is 70.3 Å². The Balaban J connectivity index is 1.43. The van der Waals surface area contributed by atoms with E-state index in [0.29, 0.717) is 11.1 Å². The van der Waals surface area contributed by atoms with Gasteiger partial charge in [-0.05, 0) is 55.0 Å². The van der Waals surface area contributed by atoms with Crippen molar-refractivity contribution in [1.29, 1.82) is 0 Å². The molecule has 0 N–H and O–H groups in total. The lowest BCUT2D eigenvalue weighted by atomic mass is 9.90. The second-order valence-corrected chi connectivity index (χ2v) is 7.19. The van der Waals surface area contributed by atoms with Crippen molar-refractivity contribution in [3.63, 3.8) is 0 Å². The van der Waals surface area contributed by atoms with Crippen molar-refractivity contribution in [1.82, 2.24) is 9.13 Å². The van der Waals surface area contributed by atoms with Crippen molar-refractivity contribution < 1.29 is 14.3 Å². The molecule has 1 aliphatic rings. The number of aromatic nitrogens is 2. The van der Waals surface area contributed by atoms with Gasteiger partial charge in [-0.2, -0.15) is 0 Å². The molecule has 0 spiro atoms. The van der Waals surface area contributed by atoms with Gasteiger partial charge in [0.25, 0.3) is 0 Å². The lowest BCUT2D eigenvalue weighted by molar-refractivity contribution is -0.143. The second kappa shape index (κ2) is 7.46. The number of para-hydroxylation sites is 2. The van der Waals surface area contributed by atoms with Gasteiger partial charge < -0.3 is 4.74 Å². The Bertz CT molecular complexity index is 1120. The highest BCUT2D eigenvalue weighted by molar-refractivity contribution is 5.98. The molecule has 28 heavy (non-hydrogen) atoms. The number of hydrogen-bond donors (Lipinski definition) is 0. The van der Waals surface area contributed by atoms with Gasteiger partial charge in [-0.3, -0.25) is 18.7 Å². The van der Waals surface area contributed by atoms with Gasteiger partial charge in [0.1, 0.15) is 6.54 Å². The van der Waals surface area contributed by atoms with Crippen LogP contribution in [0.2, 0.25) is 0 Å². The van der Waals surface area contributed by atoms with E-state index < -0.39 is 5.97 Å². The summed E-state index contributed by atoms with van der Waals surface area (Å²) in [6, 6.07) is 13.0. The number of imidazole rings is 1. The third kappa shape index (κ3) is 3.38. The Morgan fingerprint density at radius 2 is 1.71 bits per heavy atom. The summed E-state index contributed by atoms with van der Waals surface area (Å²) in [4.78, 5) is 37.0. The molecule has 1 heterocycles. The third-order valence-electron chi connectivity index (χ3n) is 5.37. The number of carbonyl (C=O) groups is 2. The van der Waals surface area contributed by atoms with Gasteiger partial charge in [-0.1, -0.05) is 24.3 Å². The fourth-order valence-corrected chi connectivity index (χ4v) is 3.83. The van der Waals surface area contributed by atoms with Crippen molar-refractivity contribution in [2.75, 3.05) is 6.61 Å². The van der Waals surface area contributed by atoms with Crippen molar-refractivity contribution in [2.24, 2.45) is 7.05 Å². The number of rotatable bonds is 5. The molecule has 2 aromatic carbocycles. The first kappa shape index (κ1) is 18.2. The van der Waals surface area contributed by atoms with E-state index in [0.717, 1.165) is 24.8 Å². The minimum atomic E-state index is -0.607. The van der Waals surface area contributed by atoms with Gasteiger partial charge in [-0.15, -0.1) is 0 Å². The van der Waals surface area contributed by atoms with Gasteiger partial charge in [0, 0.05) is 12.6 Å². The van der Waals surface area contributed by atoms with Gasteiger partial charge in [0.2, 0.25) is 0 Å². The number of Topliss-reactive ketones (excluding diaryl/α,β-unsaturated/α-hetero) is 1. The molecule has 1 aromatic heterocycles. The number of hydrogen-bond acceptors (Lipinski definition) is 4. The minimum absolute atomic E-state index is 0.225. The number of aryl methyl sites for hydroxylation is 3. The van der Waals surface area contributed by atoms with E-state index in [1.54, 1.807) is 19.2 Å². The molecule has 144 valence electrons. The molecule has 0 bridgehead atoms. The van der Waals surface area contributed by atoms with E-state index in [2.05, 4.69) is 0 Å². The molecule has 0 radical (unpaired) electrons. The van der Waals surface area contributed by atoms with Crippen LogP contribution in [0.5, 0.6) is 0 Å². The van der Waals surface area contributed by atoms with Crippen LogP contribution in [0.1, 0.15) is 34.3 Å². The first-order valence-electron chi connectivity index (χ1n) is 9.49. The van der Waals surface area contributed by atoms with Crippen LogP contribution in [0.4, 0.5) is 0 Å². The fraction of sp³-hybridized carbons (Fsp3) is 0.318. The van der Waals surface area contributed by atoms with Crippen molar-refractivity contribution in [2.45, 2.75) is 32.2 Å². The fourth-order valence-electron chi connectivity index (χ4n) is 3.83. The Morgan fingerprint density at radius 3 is 2.50 bits per heavy atom. The minimum Gasteiger partial charge on any atom is -0.456 e. The number of benzene rings is 2. The highest BCUT2D eigenvalue weighted by atomic mass is 16.5. The van der Waals surface area contributed by atoms with E-state index >= 15 is 0 Å². The Kier molecular flexibility index (Phi) is 4.86. The molecule has 4 rings (SSSR count). The summed E-state index contributed by atoms with van der Waals surface area (Å²) >= 11 is 0. The zero-order valence-electron chi connectivity index (χ0n) is 15.8. The van der Waals surface area contributed by atoms with E-state index in [9.17, 15) is 14.4 Å². The van der Waals surface area contributed by atoms with Crippen LogP contribution in [-0.2, 0) is 36.0 Å². The van der Waals surface area contributed by atoms with Crippen LogP contribution in [0, 0.1) is 0 Å². The molecule has 0 aliphatic heterocycles. The smallest absolute Gasteiger partial charge is 0.329 e. The van der Waals surface area contributed by atoms with E-state index in [-0.39, 0.29) is 24.6 Å². The van der Waals surface area contributed by atoms with Gasteiger partial charge in [0.15, 0.2) is 12.4 Å². The Morgan fingerprint density at radius 1 is 1.00 bits per heavy atom. The maximum atomic E-state index is 12.4. The zero-order valence-corrected chi connectivity index (χ0v) is 15.8. The summed E-state index contributed by atoms with van der Waals surface area (Å²) in [6.07, 6.45) is 4.36. The highest BCUT2D eigenvalue weighted by Gasteiger charge is 2.17. The summed E-state index contributed by atoms with van der Waals surface area (Å²) in [5.41, 5.74) is 4.19.